The van der Waals surface area contributed by atoms with Gasteiger partial charge in [0, 0.05) is 29.4 Å². The van der Waals surface area contributed by atoms with Crippen LogP contribution in [0.4, 0.5) is 0 Å². The van der Waals surface area contributed by atoms with Gasteiger partial charge in [-0.2, -0.15) is 0 Å². The van der Waals surface area contributed by atoms with Crippen molar-refractivity contribution in [3.63, 3.8) is 0 Å². The first kappa shape index (κ1) is 31.5. The van der Waals surface area contributed by atoms with Gasteiger partial charge in [-0.25, -0.2) is 0 Å². The molecule has 20 heavy (non-hydrogen) atoms. The smallest absolute Gasteiger partial charge is 0 e. The second-order valence-corrected chi connectivity index (χ2v) is 3.23. The molecule has 0 aromatic rings. The second-order valence-electron chi connectivity index (χ2n) is 2.85. The summed E-state index contributed by atoms with van der Waals surface area (Å²) in [4.78, 5) is 11.1. The summed E-state index contributed by atoms with van der Waals surface area (Å²) in [5, 5.41) is 0. The molecule has 0 aromatic carbocycles. The molecule has 0 N–H and O–H groups in total. The van der Waals surface area contributed by atoms with Crippen LogP contribution in [0.3, 0.4) is 0 Å². The summed E-state index contributed by atoms with van der Waals surface area (Å²) in [6.07, 6.45) is 10.8. The van der Waals surface area contributed by atoms with Gasteiger partial charge in [-0.15, -0.1) is 11.6 Å². The average molecular weight is 341 g/mol. The van der Waals surface area contributed by atoms with Crippen molar-refractivity contribution in [3.05, 3.63) is 44.3 Å². The molecule has 0 atom stereocenters. The maximum absolute atomic E-state index is 11.1. The van der Waals surface area contributed by atoms with Crippen LogP contribution in [0, 0.1) is 20.0 Å². The van der Waals surface area contributed by atoms with E-state index in [1.807, 2.05) is 19.1 Å². The van der Waals surface area contributed by atoms with Gasteiger partial charge in [0.25, 0.3) is 0 Å². The summed E-state index contributed by atoms with van der Waals surface area (Å²) >= 11 is 5.51. The Balaban J connectivity index is -0.0000000940. The largest absolute Gasteiger partial charge is 0 e. The van der Waals surface area contributed by atoms with E-state index in [2.05, 4.69) is 20.0 Å². The maximum atomic E-state index is 11.1. The van der Waals surface area contributed by atoms with Crippen molar-refractivity contribution >= 4 is 17.4 Å². The Morgan fingerprint density at radius 1 is 1.00 bits per heavy atom. The number of carbonyl (C=O) groups excluding carboxylic acids is 1. The monoisotopic (exact) mass is 340 g/mol. The van der Waals surface area contributed by atoms with Crippen molar-refractivity contribution in [2.24, 2.45) is 0 Å². The quantitative estimate of drug-likeness (QED) is 0.133. The van der Waals surface area contributed by atoms with E-state index in [0.29, 0.717) is 12.3 Å². The topological polar surface area (TPSA) is 76.8 Å². The Hall–Kier alpha value is -0.821. The summed E-state index contributed by atoms with van der Waals surface area (Å²) in [5.74, 6) is 0.899. The molecule has 0 heterocycles. The predicted molar refractivity (Wildman–Crippen MR) is 69.9 cm³/mol. The SMILES string of the molecule is C/C=C/C=C/C(=O)CCCCCCl.[C-]#[O+].[C-]#[O+].[C-]#[O+].[Fe]. The van der Waals surface area contributed by atoms with Crippen molar-refractivity contribution in [1.29, 1.82) is 0 Å². The van der Waals surface area contributed by atoms with Gasteiger partial charge in [-0.1, -0.05) is 24.6 Å². The van der Waals surface area contributed by atoms with Crippen molar-refractivity contribution in [2.75, 3.05) is 5.88 Å². The first-order valence-electron chi connectivity index (χ1n) is 5.30. The van der Waals surface area contributed by atoms with E-state index in [-0.39, 0.29) is 22.9 Å². The Morgan fingerprint density at radius 3 is 1.90 bits per heavy atom. The van der Waals surface area contributed by atoms with E-state index in [4.69, 9.17) is 25.6 Å². The Kier molecular flexibility index (Phi) is 67.7. The zero-order valence-corrected chi connectivity index (χ0v) is 13.1. The zero-order chi connectivity index (χ0) is 15.9. The summed E-state index contributed by atoms with van der Waals surface area (Å²) in [6.45, 7) is 15.4. The third-order valence-corrected chi connectivity index (χ3v) is 1.91. The fourth-order valence-electron chi connectivity index (χ4n) is 0.928. The van der Waals surface area contributed by atoms with Crippen molar-refractivity contribution in [2.45, 2.75) is 32.6 Å². The summed E-state index contributed by atoms with van der Waals surface area (Å²) in [6, 6.07) is 0. The molecule has 0 aromatic heterocycles. The van der Waals surface area contributed by atoms with Gasteiger partial charge in [0.2, 0.25) is 0 Å². The van der Waals surface area contributed by atoms with E-state index in [9.17, 15) is 4.79 Å². The predicted octanol–water partition coefficient (Wildman–Crippen LogP) is 3.37. The van der Waals surface area contributed by atoms with E-state index in [1.54, 1.807) is 12.2 Å². The van der Waals surface area contributed by atoms with Crippen molar-refractivity contribution < 1.29 is 35.8 Å². The van der Waals surface area contributed by atoms with Gasteiger partial charge in [0.05, 0.1) is 0 Å². The molecule has 0 radical (unpaired) electrons. The third-order valence-electron chi connectivity index (χ3n) is 1.64. The number of halogens is 1. The molecular weight excluding hydrogens is 323 g/mol. The summed E-state index contributed by atoms with van der Waals surface area (Å²) < 4.78 is 22.5. The van der Waals surface area contributed by atoms with Crippen molar-refractivity contribution in [3.8, 4) is 0 Å². The van der Waals surface area contributed by atoms with Crippen LogP contribution >= 0.6 is 11.6 Å². The van der Waals surface area contributed by atoms with Crippen LogP contribution in [0.15, 0.2) is 24.3 Å². The van der Waals surface area contributed by atoms with Gasteiger partial charge in [-0.05, 0) is 25.8 Å². The molecule has 0 aliphatic rings. The minimum atomic E-state index is 0. The number of carbonyl (C=O) groups is 1. The molecule has 112 valence electrons. The van der Waals surface area contributed by atoms with Crippen molar-refractivity contribution in [1.82, 2.24) is 0 Å². The molecule has 0 rings (SSSR count). The molecule has 0 aliphatic carbocycles. The van der Waals surface area contributed by atoms with Gasteiger partial charge in [0.15, 0.2) is 5.78 Å². The number of hydrogen-bond acceptors (Lipinski definition) is 1. The molecule has 0 unspecified atom stereocenters. The van der Waals surface area contributed by atoms with Crippen LogP contribution in [0.1, 0.15) is 32.6 Å². The molecule has 0 aliphatic heterocycles. The summed E-state index contributed by atoms with van der Waals surface area (Å²) in [5.41, 5.74) is 0. The first-order valence-corrected chi connectivity index (χ1v) is 5.84. The Bertz CT molecular complexity index is 279. The number of rotatable bonds is 7. The Morgan fingerprint density at radius 2 is 1.50 bits per heavy atom. The molecule has 0 spiro atoms. The molecule has 0 amide bonds. The standard InChI is InChI=1S/C11H17ClO.3CO.Fe/c1-2-3-5-8-11(13)9-6-4-7-10-12;3*1-2;/h2-3,5,8H,4,6-7,9-10H2,1H3;;;;/b3-2+,8-5+;;;;. The number of hydrogen-bond donors (Lipinski definition) is 0. The van der Waals surface area contributed by atoms with E-state index < -0.39 is 0 Å². The van der Waals surface area contributed by atoms with E-state index in [1.165, 1.54) is 0 Å². The number of unbranched alkanes of at least 4 members (excludes halogenated alkanes) is 2. The Labute approximate surface area is 136 Å². The minimum Gasteiger partial charge on any atom is 0 e. The fourth-order valence-corrected chi connectivity index (χ4v) is 1.12. The van der Waals surface area contributed by atoms with E-state index >= 15 is 0 Å². The maximum Gasteiger partial charge on any atom is 0 e. The van der Waals surface area contributed by atoms with Gasteiger partial charge in [0.1, 0.15) is 0 Å². The minimum absolute atomic E-state index is 0. The molecule has 0 fully saturated rings. The van der Waals surface area contributed by atoms with Crippen LogP contribution in [0.25, 0.3) is 0 Å². The van der Waals surface area contributed by atoms with E-state index in [0.717, 1.165) is 19.3 Å². The van der Waals surface area contributed by atoms with Gasteiger partial charge in [-0.3, -0.25) is 4.79 Å². The molecule has 0 saturated heterocycles. The third kappa shape index (κ3) is 43.4. The van der Waals surface area contributed by atoms with Gasteiger partial charge < -0.3 is 0 Å². The number of ketones is 1. The first-order chi connectivity index (χ1) is 9.31. The molecule has 0 bridgehead atoms. The second kappa shape index (κ2) is 42.9. The van der Waals surface area contributed by atoms with Crippen LogP contribution in [0.5, 0.6) is 0 Å². The van der Waals surface area contributed by atoms with Crippen LogP contribution in [0.2, 0.25) is 0 Å². The van der Waals surface area contributed by atoms with Gasteiger partial charge >= 0.3 is 33.9 Å². The molecular formula is C14H17ClFeO4. The normalized spacial score (nSPS) is 7.80. The summed E-state index contributed by atoms with van der Waals surface area (Å²) in [7, 11) is 0. The zero-order valence-electron chi connectivity index (χ0n) is 11.2. The van der Waals surface area contributed by atoms with Crippen LogP contribution in [-0.4, -0.2) is 11.7 Å². The van der Waals surface area contributed by atoms with Crippen LogP contribution in [-0.2, 0) is 35.8 Å². The fraction of sp³-hybridized carbons (Fsp3) is 0.429. The number of alkyl halides is 1. The van der Waals surface area contributed by atoms with Crippen LogP contribution < -0.4 is 0 Å². The molecule has 4 nitrogen and oxygen atoms in total. The molecule has 0 saturated carbocycles. The molecule has 6 heteroatoms. The number of allylic oxidation sites excluding steroid dienone is 4. The average Bonchev–Trinajstić information content (AvgIpc) is 2.50.